The van der Waals surface area contributed by atoms with Crippen LogP contribution < -0.4 is 5.32 Å². The zero-order valence-electron chi connectivity index (χ0n) is 57.9. The molecule has 0 aliphatic carbocycles. The zero-order chi connectivity index (χ0) is 61.3. The number of ether oxygens (including phenoxy) is 1. The van der Waals surface area contributed by atoms with E-state index in [0.717, 1.165) is 44.9 Å². The Labute approximate surface area is 532 Å². The smallest absolute Gasteiger partial charge is 0.305 e. The summed E-state index contributed by atoms with van der Waals surface area (Å²) < 4.78 is 5.49. The predicted molar refractivity (Wildman–Crippen MR) is 375 cm³/mol. The van der Waals surface area contributed by atoms with Crippen molar-refractivity contribution in [1.82, 2.24) is 5.32 Å². The van der Waals surface area contributed by atoms with E-state index in [-0.39, 0.29) is 18.5 Å². The van der Waals surface area contributed by atoms with Crippen molar-refractivity contribution in [3.63, 3.8) is 0 Å². The molecule has 3 N–H and O–H groups in total. The van der Waals surface area contributed by atoms with Crippen LogP contribution in [-0.2, 0) is 14.3 Å². The normalized spacial score (nSPS) is 12.6. The minimum Gasteiger partial charge on any atom is -0.466 e. The van der Waals surface area contributed by atoms with Crippen LogP contribution in [0.1, 0.15) is 444 Å². The molecule has 85 heavy (non-hydrogen) atoms. The number of unbranched alkanes of at least 4 members (excludes halogenated alkanes) is 61. The monoisotopic (exact) mass is 1200 g/mol. The summed E-state index contributed by atoms with van der Waals surface area (Å²) in [6.07, 6.45) is 95.8. The Bertz CT molecular complexity index is 1330. The Kier molecular flexibility index (Phi) is 73.3. The van der Waals surface area contributed by atoms with Gasteiger partial charge in [0.1, 0.15) is 0 Å². The molecule has 0 bridgehead atoms. The van der Waals surface area contributed by atoms with Crippen molar-refractivity contribution in [3.8, 4) is 0 Å². The number of amides is 1. The molecule has 0 heterocycles. The molecule has 0 aromatic carbocycles. The van der Waals surface area contributed by atoms with Gasteiger partial charge in [-0.1, -0.05) is 398 Å². The molecule has 0 aliphatic heterocycles. The average Bonchev–Trinajstić information content (AvgIpc) is 3.51. The number of rotatable bonds is 74. The molecular weight excluding hydrogens is 1040 g/mol. The number of hydrogen-bond donors (Lipinski definition) is 3. The van der Waals surface area contributed by atoms with Crippen molar-refractivity contribution >= 4 is 11.9 Å². The summed E-state index contributed by atoms with van der Waals surface area (Å²) in [5.41, 5.74) is 0. The van der Waals surface area contributed by atoms with Gasteiger partial charge in [-0.3, -0.25) is 9.59 Å². The van der Waals surface area contributed by atoms with Gasteiger partial charge in [0.25, 0.3) is 0 Å². The third-order valence-electron chi connectivity index (χ3n) is 18.5. The predicted octanol–water partition coefficient (Wildman–Crippen LogP) is 25.7. The standard InChI is InChI=1S/C79H153NO5/c1-3-5-7-9-11-13-15-17-18-19-20-21-22-29-32-35-38-41-44-48-51-55-59-63-67-71-77(82)76(75-81)80-78(83)72-68-64-60-56-52-49-45-42-39-36-33-30-27-25-23-24-26-28-31-34-37-40-43-46-50-54-58-62-66-70-74-85-79(84)73-69-65-61-57-53-47-16-14-12-10-8-6-4-2/h14,16,67,71,76-77,81-82H,3-13,15,17-66,68-70,72-75H2,1-2H3,(H,80,83)/b16-14-,71-67+. The van der Waals surface area contributed by atoms with E-state index in [1.807, 2.05) is 6.08 Å². The lowest BCUT2D eigenvalue weighted by atomic mass is 10.0. The zero-order valence-corrected chi connectivity index (χ0v) is 57.9. The van der Waals surface area contributed by atoms with Crippen LogP contribution in [0.3, 0.4) is 0 Å². The van der Waals surface area contributed by atoms with E-state index in [1.54, 1.807) is 6.08 Å². The molecule has 2 unspecified atom stereocenters. The Hall–Kier alpha value is -1.66. The van der Waals surface area contributed by atoms with Gasteiger partial charge < -0.3 is 20.3 Å². The molecule has 0 aromatic rings. The van der Waals surface area contributed by atoms with E-state index in [9.17, 15) is 19.8 Å². The second-order valence-corrected chi connectivity index (χ2v) is 27.0. The quantitative estimate of drug-likeness (QED) is 0.0320. The van der Waals surface area contributed by atoms with Crippen LogP contribution in [0.15, 0.2) is 24.3 Å². The summed E-state index contributed by atoms with van der Waals surface area (Å²) in [7, 11) is 0. The van der Waals surface area contributed by atoms with Gasteiger partial charge in [-0.25, -0.2) is 0 Å². The first-order valence-electron chi connectivity index (χ1n) is 39.1. The fourth-order valence-electron chi connectivity index (χ4n) is 12.5. The highest BCUT2D eigenvalue weighted by molar-refractivity contribution is 5.76. The van der Waals surface area contributed by atoms with Crippen LogP contribution in [0.5, 0.6) is 0 Å². The molecule has 0 fully saturated rings. The third-order valence-corrected chi connectivity index (χ3v) is 18.5. The maximum atomic E-state index is 12.6. The lowest BCUT2D eigenvalue weighted by molar-refractivity contribution is -0.143. The molecule has 504 valence electrons. The van der Waals surface area contributed by atoms with Gasteiger partial charge in [-0.2, -0.15) is 0 Å². The fourth-order valence-corrected chi connectivity index (χ4v) is 12.5. The first-order chi connectivity index (χ1) is 42.0. The molecule has 6 nitrogen and oxygen atoms in total. The van der Waals surface area contributed by atoms with Crippen LogP contribution in [0.25, 0.3) is 0 Å². The number of carbonyl (C=O) groups excluding carboxylic acids is 2. The number of nitrogens with one attached hydrogen (secondary N) is 1. The average molecular weight is 1200 g/mol. The van der Waals surface area contributed by atoms with Crippen LogP contribution >= 0.6 is 0 Å². The minimum atomic E-state index is -0.843. The molecule has 0 radical (unpaired) electrons. The molecule has 0 rings (SSSR count). The van der Waals surface area contributed by atoms with Crippen LogP contribution in [0, 0.1) is 0 Å². The molecular formula is C79H153NO5. The summed E-state index contributed by atoms with van der Waals surface area (Å²) in [6.45, 7) is 4.94. The van der Waals surface area contributed by atoms with Gasteiger partial charge in [0.15, 0.2) is 0 Å². The Morgan fingerprint density at radius 2 is 0.553 bits per heavy atom. The van der Waals surface area contributed by atoms with Gasteiger partial charge in [0.2, 0.25) is 5.91 Å². The lowest BCUT2D eigenvalue weighted by Crippen LogP contribution is -2.45. The number of esters is 1. The summed E-state index contributed by atoms with van der Waals surface area (Å²) >= 11 is 0. The molecule has 1 amide bonds. The van der Waals surface area contributed by atoms with Crippen LogP contribution in [0.4, 0.5) is 0 Å². The molecule has 0 saturated heterocycles. The van der Waals surface area contributed by atoms with Crippen molar-refractivity contribution < 1.29 is 24.5 Å². The van der Waals surface area contributed by atoms with Crippen molar-refractivity contribution in [2.24, 2.45) is 0 Å². The topological polar surface area (TPSA) is 95.9 Å². The SMILES string of the molecule is CCCCCC/C=C\CCCCCCCC(=O)OCCCCCCCCCCCCCCCCCCCCCCCCCCCCCCCCC(=O)NC(CO)C(O)/C=C/CCCCCCCCCCCCCCCCCCCCCCCCC. The van der Waals surface area contributed by atoms with Gasteiger partial charge >= 0.3 is 5.97 Å². The van der Waals surface area contributed by atoms with Gasteiger partial charge in [0, 0.05) is 12.8 Å². The first kappa shape index (κ1) is 83.3. The Morgan fingerprint density at radius 1 is 0.318 bits per heavy atom. The third kappa shape index (κ3) is 71.3. The molecule has 0 aromatic heterocycles. The van der Waals surface area contributed by atoms with E-state index in [2.05, 4.69) is 31.3 Å². The Morgan fingerprint density at radius 3 is 0.847 bits per heavy atom. The Balaban J connectivity index is 3.36. The largest absolute Gasteiger partial charge is 0.466 e. The number of aliphatic hydroxyl groups is 2. The summed E-state index contributed by atoms with van der Waals surface area (Å²) in [4.78, 5) is 24.6. The maximum absolute atomic E-state index is 12.6. The van der Waals surface area contributed by atoms with Crippen molar-refractivity contribution in [2.75, 3.05) is 13.2 Å². The van der Waals surface area contributed by atoms with Gasteiger partial charge in [0.05, 0.1) is 25.4 Å². The summed E-state index contributed by atoms with van der Waals surface area (Å²) in [5.74, 6) is -0.0473. The van der Waals surface area contributed by atoms with Crippen molar-refractivity contribution in [1.29, 1.82) is 0 Å². The number of aliphatic hydroxyl groups excluding tert-OH is 2. The van der Waals surface area contributed by atoms with E-state index < -0.39 is 12.1 Å². The first-order valence-corrected chi connectivity index (χ1v) is 39.1. The molecule has 6 heteroatoms. The second kappa shape index (κ2) is 74.8. The maximum Gasteiger partial charge on any atom is 0.305 e. The van der Waals surface area contributed by atoms with Crippen molar-refractivity contribution in [3.05, 3.63) is 24.3 Å². The molecule has 0 spiro atoms. The number of allylic oxidation sites excluding steroid dienone is 3. The van der Waals surface area contributed by atoms with Gasteiger partial charge in [-0.05, 0) is 57.8 Å². The van der Waals surface area contributed by atoms with E-state index in [1.165, 1.54) is 372 Å². The number of carbonyl (C=O) groups is 2. The van der Waals surface area contributed by atoms with E-state index in [4.69, 9.17) is 4.74 Å². The fraction of sp³-hybridized carbons (Fsp3) is 0.924. The summed E-state index contributed by atoms with van der Waals surface area (Å²) in [5, 5.41) is 23.3. The van der Waals surface area contributed by atoms with Gasteiger partial charge in [-0.15, -0.1) is 0 Å². The van der Waals surface area contributed by atoms with Crippen LogP contribution in [0.2, 0.25) is 0 Å². The summed E-state index contributed by atoms with van der Waals surface area (Å²) in [6, 6.07) is -0.626. The highest BCUT2D eigenvalue weighted by atomic mass is 16.5. The minimum absolute atomic E-state index is 0.0114. The molecule has 0 aliphatic rings. The highest BCUT2D eigenvalue weighted by Gasteiger charge is 2.18. The number of hydrogen-bond acceptors (Lipinski definition) is 5. The lowest BCUT2D eigenvalue weighted by Gasteiger charge is -2.20. The van der Waals surface area contributed by atoms with E-state index in [0.29, 0.717) is 19.4 Å². The van der Waals surface area contributed by atoms with Crippen LogP contribution in [-0.4, -0.2) is 47.4 Å². The van der Waals surface area contributed by atoms with E-state index >= 15 is 0 Å². The highest BCUT2D eigenvalue weighted by Crippen LogP contribution is 2.20. The second-order valence-electron chi connectivity index (χ2n) is 27.0. The molecule has 2 atom stereocenters. The molecule has 0 saturated carbocycles. The van der Waals surface area contributed by atoms with Crippen molar-refractivity contribution in [2.45, 2.75) is 456 Å².